The molecule has 1 atom stereocenters. The molecule has 4 rings (SSSR count). The SMILES string of the molecule is COc1ccc(C(NC(=O)CCn2cnc3ccccc3c2=O)c2ccccc2)cc1. The highest BCUT2D eigenvalue weighted by atomic mass is 16.5. The molecule has 0 aliphatic heterocycles. The summed E-state index contributed by atoms with van der Waals surface area (Å²) in [5, 5.41) is 3.65. The van der Waals surface area contributed by atoms with Crippen molar-refractivity contribution in [2.75, 3.05) is 7.11 Å². The van der Waals surface area contributed by atoms with Crippen LogP contribution in [-0.4, -0.2) is 22.6 Å². The van der Waals surface area contributed by atoms with E-state index in [9.17, 15) is 9.59 Å². The summed E-state index contributed by atoms with van der Waals surface area (Å²) in [5.74, 6) is 0.606. The van der Waals surface area contributed by atoms with Gasteiger partial charge < -0.3 is 10.1 Å². The third-order valence-electron chi connectivity index (χ3n) is 5.20. The Balaban J connectivity index is 1.51. The number of para-hydroxylation sites is 1. The van der Waals surface area contributed by atoms with Crippen LogP contribution in [0.3, 0.4) is 0 Å². The predicted molar refractivity (Wildman–Crippen MR) is 120 cm³/mol. The van der Waals surface area contributed by atoms with E-state index in [1.54, 1.807) is 19.2 Å². The van der Waals surface area contributed by atoms with Crippen LogP contribution >= 0.6 is 0 Å². The number of rotatable bonds is 7. The van der Waals surface area contributed by atoms with Gasteiger partial charge in [-0.3, -0.25) is 14.2 Å². The highest BCUT2D eigenvalue weighted by Gasteiger charge is 2.17. The summed E-state index contributed by atoms with van der Waals surface area (Å²) < 4.78 is 6.72. The fourth-order valence-electron chi connectivity index (χ4n) is 3.52. The Kier molecular flexibility index (Phi) is 6.08. The van der Waals surface area contributed by atoms with Gasteiger partial charge in [0.15, 0.2) is 0 Å². The van der Waals surface area contributed by atoms with E-state index in [-0.39, 0.29) is 30.5 Å². The highest BCUT2D eigenvalue weighted by molar-refractivity contribution is 5.78. The zero-order chi connectivity index (χ0) is 21.6. The molecule has 1 aromatic heterocycles. The molecule has 31 heavy (non-hydrogen) atoms. The van der Waals surface area contributed by atoms with Crippen molar-refractivity contribution in [2.45, 2.75) is 19.0 Å². The first-order chi connectivity index (χ1) is 15.2. The van der Waals surface area contributed by atoms with Crippen LogP contribution in [0.4, 0.5) is 0 Å². The summed E-state index contributed by atoms with van der Waals surface area (Å²) in [6.07, 6.45) is 1.66. The maximum Gasteiger partial charge on any atom is 0.261 e. The van der Waals surface area contributed by atoms with Crippen LogP contribution in [0.2, 0.25) is 0 Å². The number of nitrogens with one attached hydrogen (secondary N) is 1. The van der Waals surface area contributed by atoms with Gasteiger partial charge in [-0.05, 0) is 35.4 Å². The number of fused-ring (bicyclic) bond motifs is 1. The summed E-state index contributed by atoms with van der Waals surface area (Å²) in [4.78, 5) is 29.8. The molecule has 0 saturated heterocycles. The molecule has 1 N–H and O–H groups in total. The Hall–Kier alpha value is -3.93. The number of amides is 1. The minimum absolute atomic E-state index is 0.145. The summed E-state index contributed by atoms with van der Waals surface area (Å²) in [6.45, 7) is 0.257. The Labute approximate surface area is 180 Å². The van der Waals surface area contributed by atoms with Crippen molar-refractivity contribution in [1.29, 1.82) is 0 Å². The number of carbonyl (C=O) groups is 1. The topological polar surface area (TPSA) is 73.2 Å². The molecule has 0 aliphatic rings. The molecule has 0 bridgehead atoms. The van der Waals surface area contributed by atoms with Crippen molar-refractivity contribution < 1.29 is 9.53 Å². The third-order valence-corrected chi connectivity index (χ3v) is 5.20. The molecule has 0 spiro atoms. The standard InChI is InChI=1S/C25H23N3O3/c1-31-20-13-11-19(12-14-20)24(18-7-3-2-4-8-18)27-23(29)15-16-28-17-26-22-10-6-5-9-21(22)25(28)30/h2-14,17,24H,15-16H2,1H3,(H,27,29). The lowest BCUT2D eigenvalue weighted by molar-refractivity contribution is -0.121. The molecule has 0 fully saturated rings. The largest absolute Gasteiger partial charge is 0.497 e. The van der Waals surface area contributed by atoms with Gasteiger partial charge in [-0.1, -0.05) is 54.6 Å². The average Bonchev–Trinajstić information content (AvgIpc) is 2.83. The van der Waals surface area contributed by atoms with Crippen molar-refractivity contribution in [3.63, 3.8) is 0 Å². The molecule has 1 unspecified atom stereocenters. The Morgan fingerprint density at radius 1 is 0.968 bits per heavy atom. The number of nitrogens with zero attached hydrogens (tertiary/aromatic N) is 2. The minimum Gasteiger partial charge on any atom is -0.497 e. The number of methoxy groups -OCH3 is 1. The van der Waals surface area contributed by atoms with Crippen LogP contribution in [0.25, 0.3) is 10.9 Å². The van der Waals surface area contributed by atoms with E-state index in [0.717, 1.165) is 16.9 Å². The van der Waals surface area contributed by atoms with E-state index < -0.39 is 0 Å². The first-order valence-electron chi connectivity index (χ1n) is 10.1. The monoisotopic (exact) mass is 413 g/mol. The lowest BCUT2D eigenvalue weighted by Crippen LogP contribution is -2.31. The van der Waals surface area contributed by atoms with Gasteiger partial charge in [0.25, 0.3) is 5.56 Å². The number of aryl methyl sites for hydroxylation is 1. The Morgan fingerprint density at radius 3 is 2.39 bits per heavy atom. The average molecular weight is 413 g/mol. The highest BCUT2D eigenvalue weighted by Crippen LogP contribution is 2.24. The molecule has 156 valence electrons. The van der Waals surface area contributed by atoms with Crippen LogP contribution < -0.4 is 15.6 Å². The number of aromatic nitrogens is 2. The van der Waals surface area contributed by atoms with Crippen molar-refractivity contribution >= 4 is 16.8 Å². The first kappa shape index (κ1) is 20.3. The predicted octanol–water partition coefficient (Wildman–Crippen LogP) is 3.70. The van der Waals surface area contributed by atoms with E-state index in [1.807, 2.05) is 66.7 Å². The van der Waals surface area contributed by atoms with Gasteiger partial charge in [0, 0.05) is 13.0 Å². The van der Waals surface area contributed by atoms with Gasteiger partial charge in [0.1, 0.15) is 5.75 Å². The van der Waals surface area contributed by atoms with E-state index in [2.05, 4.69) is 10.3 Å². The van der Waals surface area contributed by atoms with Gasteiger partial charge in [-0.15, -0.1) is 0 Å². The van der Waals surface area contributed by atoms with E-state index in [4.69, 9.17) is 4.74 Å². The first-order valence-corrected chi connectivity index (χ1v) is 10.1. The number of ether oxygens (including phenoxy) is 1. The third kappa shape index (κ3) is 4.64. The van der Waals surface area contributed by atoms with Gasteiger partial charge in [-0.2, -0.15) is 0 Å². The van der Waals surface area contributed by atoms with Crippen LogP contribution in [0.15, 0.2) is 90.0 Å². The molecule has 6 heteroatoms. The summed E-state index contributed by atoms with van der Waals surface area (Å²) in [6, 6.07) is 24.3. The van der Waals surface area contributed by atoms with Crippen molar-refractivity contribution in [2.24, 2.45) is 0 Å². The summed E-state index contributed by atoms with van der Waals surface area (Å²) in [5.41, 5.74) is 2.43. The molecule has 3 aromatic carbocycles. The van der Waals surface area contributed by atoms with E-state index >= 15 is 0 Å². The van der Waals surface area contributed by atoms with Crippen molar-refractivity contribution in [1.82, 2.24) is 14.9 Å². The Bertz CT molecular complexity index is 1230. The second kappa shape index (κ2) is 9.26. The zero-order valence-electron chi connectivity index (χ0n) is 17.2. The quantitative estimate of drug-likeness (QED) is 0.501. The van der Waals surface area contributed by atoms with E-state index in [0.29, 0.717) is 10.9 Å². The van der Waals surface area contributed by atoms with Crippen LogP contribution in [-0.2, 0) is 11.3 Å². The normalized spacial score (nSPS) is 11.8. The molecular formula is C25H23N3O3. The van der Waals surface area contributed by atoms with Gasteiger partial charge in [-0.25, -0.2) is 4.98 Å². The molecule has 0 saturated carbocycles. The summed E-state index contributed by atoms with van der Waals surface area (Å²) in [7, 11) is 1.62. The fourth-order valence-corrected chi connectivity index (χ4v) is 3.52. The van der Waals surface area contributed by atoms with Crippen LogP contribution in [0.1, 0.15) is 23.6 Å². The second-order valence-electron chi connectivity index (χ2n) is 7.19. The lowest BCUT2D eigenvalue weighted by atomic mass is 9.98. The second-order valence-corrected chi connectivity index (χ2v) is 7.19. The van der Waals surface area contributed by atoms with E-state index in [1.165, 1.54) is 10.9 Å². The van der Waals surface area contributed by atoms with Crippen molar-refractivity contribution in [3.8, 4) is 5.75 Å². The molecule has 0 radical (unpaired) electrons. The molecule has 6 nitrogen and oxygen atoms in total. The number of hydrogen-bond acceptors (Lipinski definition) is 4. The lowest BCUT2D eigenvalue weighted by Gasteiger charge is -2.20. The molecule has 0 aliphatic carbocycles. The number of hydrogen-bond donors (Lipinski definition) is 1. The number of carbonyl (C=O) groups excluding carboxylic acids is 1. The zero-order valence-corrected chi connectivity index (χ0v) is 17.2. The molecule has 1 amide bonds. The minimum atomic E-state index is -0.300. The van der Waals surface area contributed by atoms with Gasteiger partial charge in [0.2, 0.25) is 5.91 Å². The molecule has 1 heterocycles. The number of benzene rings is 3. The maximum absolute atomic E-state index is 12.8. The fraction of sp³-hybridized carbons (Fsp3) is 0.160. The smallest absolute Gasteiger partial charge is 0.261 e. The van der Waals surface area contributed by atoms with Gasteiger partial charge >= 0.3 is 0 Å². The van der Waals surface area contributed by atoms with Crippen LogP contribution in [0, 0.1) is 0 Å². The maximum atomic E-state index is 12.8. The van der Waals surface area contributed by atoms with Crippen LogP contribution in [0.5, 0.6) is 5.75 Å². The Morgan fingerprint density at radius 2 is 1.65 bits per heavy atom. The molecular weight excluding hydrogens is 390 g/mol. The summed E-state index contributed by atoms with van der Waals surface area (Å²) >= 11 is 0. The van der Waals surface area contributed by atoms with Crippen molar-refractivity contribution in [3.05, 3.63) is 107 Å². The molecule has 4 aromatic rings. The van der Waals surface area contributed by atoms with Gasteiger partial charge in [0.05, 0.1) is 30.4 Å².